The van der Waals surface area contributed by atoms with E-state index in [0.29, 0.717) is 71.6 Å². The van der Waals surface area contributed by atoms with Gasteiger partial charge in [0.25, 0.3) is 0 Å². The minimum atomic E-state index is -0.734. The lowest BCUT2D eigenvalue weighted by Gasteiger charge is -2.42. The molecule has 4 aromatic rings. The zero-order valence-electron chi connectivity index (χ0n) is 31.7. The van der Waals surface area contributed by atoms with Gasteiger partial charge in [-0.1, -0.05) is 22.9 Å². The number of nitrogens with zero attached hydrogens (tertiary/aromatic N) is 6. The molecule has 55 heavy (non-hydrogen) atoms. The number of rotatable bonds is 4. The molecule has 17 heteroatoms. The monoisotopic (exact) mass is 813 g/mol. The number of morpholine rings is 1. The van der Waals surface area contributed by atoms with Gasteiger partial charge in [0.2, 0.25) is 0 Å². The van der Waals surface area contributed by atoms with E-state index in [1.54, 1.807) is 43.2 Å². The van der Waals surface area contributed by atoms with E-state index in [1.165, 1.54) is 6.07 Å². The van der Waals surface area contributed by atoms with Crippen LogP contribution in [0, 0.1) is 5.82 Å². The summed E-state index contributed by atoms with van der Waals surface area (Å²) in [6.07, 6.45) is 0.623. The van der Waals surface area contributed by atoms with Gasteiger partial charge in [-0.2, -0.15) is 4.98 Å². The van der Waals surface area contributed by atoms with Crippen LogP contribution in [0.5, 0.6) is 0 Å². The Morgan fingerprint density at radius 2 is 1.67 bits per heavy atom. The number of halogens is 2. The summed E-state index contributed by atoms with van der Waals surface area (Å²) in [6, 6.07) is 4.70. The van der Waals surface area contributed by atoms with Crippen LogP contribution in [-0.4, -0.2) is 111 Å². The fourth-order valence-electron chi connectivity index (χ4n) is 8.08. The zero-order valence-corrected chi connectivity index (χ0v) is 34.1. The number of hydrogen-bond donors (Lipinski definition) is 1. The standard InChI is InChI=1S/C38H45ClFN7O6S2/c1-37(2,3)52-35(49)43-33-41-28-23(9-10-26(40)30(28)55-33)27-25(39)15-24-29-31(27)54-19-22(44-11-13-51-14-12-44)18-46(29)34(48)42-32(24)45-16-20-7-8-21(17-45)47(20)36(50)53-38(4,5)6/h9-10,15,20-22H,7-8,11-14,16-19H2,1-6H3,(H,41,43,49)/t20?,21?,22-/m0/s1. The lowest BCUT2D eigenvalue weighted by Crippen LogP contribution is -2.57. The third-order valence-corrected chi connectivity index (χ3v) is 12.8. The van der Waals surface area contributed by atoms with Gasteiger partial charge in [0.1, 0.15) is 22.8 Å². The predicted molar refractivity (Wildman–Crippen MR) is 213 cm³/mol. The van der Waals surface area contributed by atoms with E-state index in [2.05, 4.69) is 20.1 Å². The number of carbonyl (C=O) groups is 2. The van der Waals surface area contributed by atoms with Gasteiger partial charge in [-0.25, -0.2) is 23.8 Å². The fourth-order valence-corrected chi connectivity index (χ4v) is 10.7. The zero-order chi connectivity index (χ0) is 39.0. The molecule has 3 atom stereocenters. The molecular formula is C38H45ClFN7O6S2. The quantitative estimate of drug-likeness (QED) is 0.224. The molecule has 13 nitrogen and oxygen atoms in total. The van der Waals surface area contributed by atoms with Crippen molar-refractivity contribution in [2.75, 3.05) is 55.4 Å². The van der Waals surface area contributed by atoms with Gasteiger partial charge in [-0.15, -0.1) is 11.8 Å². The maximum Gasteiger partial charge on any atom is 0.413 e. The molecule has 4 aliphatic rings. The lowest BCUT2D eigenvalue weighted by atomic mass is 10.0. The number of piperazine rings is 1. The van der Waals surface area contributed by atoms with Gasteiger partial charge in [0, 0.05) is 65.9 Å². The first-order valence-corrected chi connectivity index (χ1v) is 20.8. The normalized spacial score (nSPS) is 21.9. The van der Waals surface area contributed by atoms with Crippen LogP contribution in [0.1, 0.15) is 54.4 Å². The molecule has 0 spiro atoms. The lowest BCUT2D eigenvalue weighted by molar-refractivity contribution is 0.0122. The number of hydrogen-bond acceptors (Lipinski definition) is 12. The highest BCUT2D eigenvalue weighted by Gasteiger charge is 2.45. The SMILES string of the molecule is CC(C)(C)OC(=O)Nc1nc2c(-c3c(Cl)cc4c(N5CC6CCC(C5)N6C(=O)OC(C)(C)C)nc(=O)n5c4c3SC[C@@H](N3CCOCC3)C5)ccc(F)c2s1. The third-order valence-electron chi connectivity index (χ3n) is 10.3. The van der Waals surface area contributed by atoms with Gasteiger partial charge in [-0.3, -0.25) is 19.7 Å². The van der Waals surface area contributed by atoms with Crippen molar-refractivity contribution < 1.29 is 28.2 Å². The van der Waals surface area contributed by atoms with Gasteiger partial charge in [-0.05, 0) is 72.6 Å². The smallest absolute Gasteiger partial charge is 0.413 e. The van der Waals surface area contributed by atoms with Crippen molar-refractivity contribution in [1.82, 2.24) is 24.3 Å². The third kappa shape index (κ3) is 7.47. The number of fused-ring (bicyclic) bond motifs is 3. The Bertz CT molecular complexity index is 2230. The first-order valence-electron chi connectivity index (χ1n) is 18.6. The molecule has 6 heterocycles. The number of benzene rings is 2. The first-order chi connectivity index (χ1) is 26.0. The highest BCUT2D eigenvalue weighted by molar-refractivity contribution is 7.99. The number of thiazole rings is 1. The molecule has 2 aromatic carbocycles. The highest BCUT2D eigenvalue weighted by Crippen LogP contribution is 2.48. The molecule has 2 aromatic heterocycles. The average Bonchev–Trinajstić information content (AvgIpc) is 3.56. The number of amides is 2. The number of anilines is 2. The van der Waals surface area contributed by atoms with Crippen LogP contribution in [0.2, 0.25) is 5.02 Å². The van der Waals surface area contributed by atoms with Crippen LogP contribution in [0.3, 0.4) is 0 Å². The van der Waals surface area contributed by atoms with Gasteiger partial charge >= 0.3 is 17.9 Å². The molecule has 0 radical (unpaired) electrons. The Labute approximate surface area is 331 Å². The van der Waals surface area contributed by atoms with Crippen LogP contribution in [0.15, 0.2) is 27.9 Å². The summed E-state index contributed by atoms with van der Waals surface area (Å²) in [4.78, 5) is 56.8. The number of thioether (sulfide) groups is 1. The van der Waals surface area contributed by atoms with E-state index < -0.39 is 23.1 Å². The van der Waals surface area contributed by atoms with Crippen LogP contribution in [0.25, 0.3) is 32.2 Å². The Morgan fingerprint density at radius 1 is 0.982 bits per heavy atom. The van der Waals surface area contributed by atoms with Crippen molar-refractivity contribution >= 4 is 79.0 Å². The average molecular weight is 814 g/mol. The summed E-state index contributed by atoms with van der Waals surface area (Å²) in [5.74, 6) is 0.698. The van der Waals surface area contributed by atoms with Crippen molar-refractivity contribution in [2.45, 2.75) is 95.2 Å². The summed E-state index contributed by atoms with van der Waals surface area (Å²) in [5.41, 5.74) is 0.516. The highest BCUT2D eigenvalue weighted by atomic mass is 35.5. The molecule has 0 saturated carbocycles. The van der Waals surface area contributed by atoms with E-state index in [9.17, 15) is 14.4 Å². The van der Waals surface area contributed by atoms with Gasteiger partial charge < -0.3 is 19.1 Å². The molecular weight excluding hydrogens is 769 g/mol. The number of nitrogens with one attached hydrogen (secondary N) is 1. The van der Waals surface area contributed by atoms with E-state index in [0.717, 1.165) is 47.5 Å². The van der Waals surface area contributed by atoms with Gasteiger partial charge in [0.15, 0.2) is 5.13 Å². The molecule has 2 amide bonds. The summed E-state index contributed by atoms with van der Waals surface area (Å²) < 4.78 is 34.3. The van der Waals surface area contributed by atoms with Crippen LogP contribution in [0.4, 0.5) is 24.9 Å². The second-order valence-electron chi connectivity index (χ2n) is 16.5. The van der Waals surface area contributed by atoms with Gasteiger partial charge in [0.05, 0.1) is 46.1 Å². The largest absolute Gasteiger partial charge is 0.444 e. The maximum absolute atomic E-state index is 15.5. The van der Waals surface area contributed by atoms with Crippen molar-refractivity contribution in [1.29, 1.82) is 0 Å². The minimum absolute atomic E-state index is 0.00633. The summed E-state index contributed by atoms with van der Waals surface area (Å²) in [7, 11) is 0. The second-order valence-corrected chi connectivity index (χ2v) is 18.9. The minimum Gasteiger partial charge on any atom is -0.444 e. The maximum atomic E-state index is 15.5. The van der Waals surface area contributed by atoms with E-state index in [1.807, 2.05) is 31.7 Å². The van der Waals surface area contributed by atoms with E-state index in [4.69, 9.17) is 30.8 Å². The van der Waals surface area contributed by atoms with Crippen LogP contribution >= 0.6 is 34.7 Å². The van der Waals surface area contributed by atoms with Crippen molar-refractivity contribution in [3.05, 3.63) is 39.5 Å². The Balaban J connectivity index is 1.25. The molecule has 4 aliphatic heterocycles. The molecule has 3 fully saturated rings. The molecule has 3 saturated heterocycles. The van der Waals surface area contributed by atoms with Crippen LogP contribution < -0.4 is 15.9 Å². The molecule has 2 bridgehead atoms. The molecule has 8 rings (SSSR count). The number of carbonyl (C=O) groups excluding carboxylic acids is 2. The molecule has 0 aliphatic carbocycles. The van der Waals surface area contributed by atoms with E-state index in [-0.39, 0.29) is 39.7 Å². The van der Waals surface area contributed by atoms with E-state index >= 15 is 4.39 Å². The Morgan fingerprint density at radius 3 is 2.35 bits per heavy atom. The topological polar surface area (TPSA) is 131 Å². The van der Waals surface area contributed by atoms with Crippen molar-refractivity contribution in [3.63, 3.8) is 0 Å². The Hall–Kier alpha value is -3.70. The number of ether oxygens (including phenoxy) is 3. The summed E-state index contributed by atoms with van der Waals surface area (Å²) in [6.45, 7) is 15.0. The summed E-state index contributed by atoms with van der Waals surface area (Å²) >= 11 is 9.96. The predicted octanol–water partition coefficient (Wildman–Crippen LogP) is 7.21. The van der Waals surface area contributed by atoms with Crippen molar-refractivity contribution in [3.8, 4) is 11.1 Å². The number of aromatic nitrogens is 3. The first kappa shape index (κ1) is 38.2. The Kier molecular flexibility index (Phi) is 9.96. The van der Waals surface area contributed by atoms with Crippen LogP contribution in [-0.2, 0) is 20.8 Å². The van der Waals surface area contributed by atoms with Crippen molar-refractivity contribution in [2.24, 2.45) is 0 Å². The molecule has 294 valence electrons. The summed E-state index contributed by atoms with van der Waals surface area (Å²) in [5, 5.41) is 3.96. The molecule has 1 N–H and O–H groups in total. The second kappa shape index (κ2) is 14.4. The molecule has 2 unspecified atom stereocenters. The fraction of sp³-hybridized carbons (Fsp3) is 0.553.